The molecule has 0 saturated carbocycles. The maximum atomic E-state index is 13.0. The molecule has 2 aliphatic rings. The Hall–Kier alpha value is -1.65. The Bertz CT molecular complexity index is 695. The fraction of sp³-hybridized carbons (Fsp3) is 0.421. The first-order chi connectivity index (χ1) is 11.3. The Morgan fingerprint density at radius 1 is 1.17 bits per heavy atom. The van der Waals surface area contributed by atoms with Crippen LogP contribution in [0, 0.1) is 0 Å². The number of hydrogen-bond donors (Lipinski definition) is 0. The van der Waals surface area contributed by atoms with Crippen LogP contribution in [0.15, 0.2) is 35.7 Å². The quantitative estimate of drug-likeness (QED) is 0.839. The van der Waals surface area contributed by atoms with Gasteiger partial charge in [-0.15, -0.1) is 11.3 Å². The monoisotopic (exact) mass is 327 g/mol. The van der Waals surface area contributed by atoms with E-state index in [9.17, 15) is 4.79 Å². The van der Waals surface area contributed by atoms with Crippen molar-refractivity contribution in [1.29, 1.82) is 0 Å². The molecule has 1 aliphatic heterocycles. The number of nitrogens with zero attached hydrogens (tertiary/aromatic N) is 1. The van der Waals surface area contributed by atoms with E-state index in [1.807, 2.05) is 23.1 Å². The Labute approximate surface area is 140 Å². The first-order valence-corrected chi connectivity index (χ1v) is 9.26. The second kappa shape index (κ2) is 6.46. The van der Waals surface area contributed by atoms with E-state index >= 15 is 0 Å². The summed E-state index contributed by atoms with van der Waals surface area (Å²) in [6.07, 6.45) is 4.66. The number of carbonyl (C=O) groups excluding carboxylic acids is 1. The minimum absolute atomic E-state index is 0.0108. The molecule has 0 bridgehead atoms. The molecule has 0 radical (unpaired) electrons. The van der Waals surface area contributed by atoms with E-state index in [-0.39, 0.29) is 12.0 Å². The lowest BCUT2D eigenvalue weighted by Crippen LogP contribution is -2.42. The maximum Gasteiger partial charge on any atom is 0.255 e. The first-order valence-electron chi connectivity index (χ1n) is 8.38. The number of hydrogen-bond acceptors (Lipinski definition) is 3. The largest absolute Gasteiger partial charge is 0.370 e. The van der Waals surface area contributed by atoms with Crippen LogP contribution in [-0.4, -0.2) is 30.5 Å². The standard InChI is InChI=1S/C19H21NO2S/c21-19(16-13-23-18-9-5-4-8-15(16)18)20-10-11-22-17(12-20)14-6-2-1-3-7-14/h1-3,6-7,13,17H,4-5,8-12H2/t17-/m1/s1. The van der Waals surface area contributed by atoms with E-state index in [0.717, 1.165) is 24.0 Å². The van der Waals surface area contributed by atoms with Crippen LogP contribution in [0.2, 0.25) is 0 Å². The molecule has 1 saturated heterocycles. The molecule has 0 unspecified atom stereocenters. The second-order valence-corrected chi connectivity index (χ2v) is 7.24. The van der Waals surface area contributed by atoms with E-state index < -0.39 is 0 Å². The lowest BCUT2D eigenvalue weighted by Gasteiger charge is -2.33. The summed E-state index contributed by atoms with van der Waals surface area (Å²) in [5.74, 6) is 0.189. The van der Waals surface area contributed by atoms with Gasteiger partial charge < -0.3 is 9.64 Å². The van der Waals surface area contributed by atoms with Crippen molar-refractivity contribution < 1.29 is 9.53 Å². The summed E-state index contributed by atoms with van der Waals surface area (Å²) in [6.45, 7) is 1.94. The number of aryl methyl sites for hydroxylation is 1. The highest BCUT2D eigenvalue weighted by Gasteiger charge is 2.29. The molecule has 2 heterocycles. The summed E-state index contributed by atoms with van der Waals surface area (Å²) < 4.78 is 5.88. The number of carbonyl (C=O) groups is 1. The van der Waals surface area contributed by atoms with Crippen molar-refractivity contribution in [3.63, 3.8) is 0 Å². The molecule has 1 amide bonds. The van der Waals surface area contributed by atoms with Gasteiger partial charge >= 0.3 is 0 Å². The fourth-order valence-electron chi connectivity index (χ4n) is 3.55. The number of morpholine rings is 1. The summed E-state index contributed by atoms with van der Waals surface area (Å²) in [4.78, 5) is 16.4. The Kier molecular flexibility index (Phi) is 4.19. The van der Waals surface area contributed by atoms with E-state index in [0.29, 0.717) is 19.7 Å². The van der Waals surface area contributed by atoms with Crippen molar-refractivity contribution in [1.82, 2.24) is 4.90 Å². The zero-order chi connectivity index (χ0) is 15.6. The molecule has 1 aliphatic carbocycles. The minimum atomic E-state index is -0.0108. The predicted molar refractivity (Wildman–Crippen MR) is 92.0 cm³/mol. The Balaban J connectivity index is 1.53. The van der Waals surface area contributed by atoms with E-state index in [2.05, 4.69) is 17.5 Å². The zero-order valence-electron chi connectivity index (χ0n) is 13.2. The van der Waals surface area contributed by atoms with E-state index in [1.165, 1.54) is 23.3 Å². The highest BCUT2D eigenvalue weighted by molar-refractivity contribution is 7.10. The molecule has 4 heteroatoms. The summed E-state index contributed by atoms with van der Waals surface area (Å²) in [5.41, 5.74) is 3.41. The highest BCUT2D eigenvalue weighted by Crippen LogP contribution is 2.32. The van der Waals surface area contributed by atoms with Gasteiger partial charge in [0.25, 0.3) is 5.91 Å². The van der Waals surface area contributed by atoms with E-state index in [1.54, 1.807) is 11.3 Å². The van der Waals surface area contributed by atoms with Crippen LogP contribution in [0.1, 0.15) is 45.3 Å². The summed E-state index contributed by atoms with van der Waals surface area (Å²) in [7, 11) is 0. The summed E-state index contributed by atoms with van der Waals surface area (Å²) in [5, 5.41) is 2.07. The molecule has 4 rings (SSSR count). The van der Waals surface area contributed by atoms with Crippen LogP contribution in [0.4, 0.5) is 0 Å². The number of rotatable bonds is 2. The van der Waals surface area contributed by atoms with Gasteiger partial charge in [-0.3, -0.25) is 4.79 Å². The minimum Gasteiger partial charge on any atom is -0.370 e. The van der Waals surface area contributed by atoms with Gasteiger partial charge in [0.05, 0.1) is 18.7 Å². The number of fused-ring (bicyclic) bond motifs is 1. The smallest absolute Gasteiger partial charge is 0.255 e. The molecule has 0 N–H and O–H groups in total. The molecule has 1 fully saturated rings. The van der Waals surface area contributed by atoms with Gasteiger partial charge in [0.15, 0.2) is 0 Å². The van der Waals surface area contributed by atoms with Gasteiger partial charge in [-0.1, -0.05) is 30.3 Å². The fourth-order valence-corrected chi connectivity index (χ4v) is 4.67. The molecule has 23 heavy (non-hydrogen) atoms. The SMILES string of the molecule is O=C(c1csc2c1CCCC2)N1CCO[C@@H](c2ccccc2)C1. The molecule has 1 atom stereocenters. The van der Waals surface area contributed by atoms with Crippen molar-refractivity contribution in [2.24, 2.45) is 0 Å². The van der Waals surface area contributed by atoms with Crippen LogP contribution < -0.4 is 0 Å². The number of thiophene rings is 1. The number of amides is 1. The third-order valence-electron chi connectivity index (χ3n) is 4.82. The first kappa shape index (κ1) is 14.9. The molecule has 2 aromatic rings. The topological polar surface area (TPSA) is 29.5 Å². The van der Waals surface area contributed by atoms with Crippen LogP contribution >= 0.6 is 11.3 Å². The molecule has 1 aromatic carbocycles. The normalized spacial score (nSPS) is 21.0. The van der Waals surface area contributed by atoms with Gasteiger partial charge in [0.1, 0.15) is 6.10 Å². The van der Waals surface area contributed by atoms with Crippen LogP contribution in [0.25, 0.3) is 0 Å². The Morgan fingerprint density at radius 2 is 2.00 bits per heavy atom. The summed E-state index contributed by atoms with van der Waals surface area (Å²) in [6, 6.07) is 10.2. The lowest BCUT2D eigenvalue weighted by molar-refractivity contribution is -0.0228. The van der Waals surface area contributed by atoms with Crippen LogP contribution in [0.5, 0.6) is 0 Å². The average molecular weight is 327 g/mol. The highest BCUT2D eigenvalue weighted by atomic mass is 32.1. The van der Waals surface area contributed by atoms with E-state index in [4.69, 9.17) is 4.74 Å². The Morgan fingerprint density at radius 3 is 2.87 bits per heavy atom. The van der Waals surface area contributed by atoms with Crippen LogP contribution in [-0.2, 0) is 17.6 Å². The van der Waals surface area contributed by atoms with Crippen LogP contribution in [0.3, 0.4) is 0 Å². The van der Waals surface area contributed by atoms with Gasteiger partial charge in [0, 0.05) is 16.8 Å². The third-order valence-corrected chi connectivity index (χ3v) is 5.91. The molecular formula is C19H21NO2S. The van der Waals surface area contributed by atoms with Crippen molar-refractivity contribution in [2.75, 3.05) is 19.7 Å². The zero-order valence-corrected chi connectivity index (χ0v) is 14.0. The average Bonchev–Trinajstić information content (AvgIpc) is 3.06. The van der Waals surface area contributed by atoms with Crippen molar-refractivity contribution >= 4 is 17.2 Å². The van der Waals surface area contributed by atoms with Crippen molar-refractivity contribution in [2.45, 2.75) is 31.8 Å². The second-order valence-electron chi connectivity index (χ2n) is 6.28. The predicted octanol–water partition coefficient (Wildman–Crippen LogP) is 3.84. The molecule has 120 valence electrons. The van der Waals surface area contributed by atoms with Gasteiger partial charge in [-0.2, -0.15) is 0 Å². The van der Waals surface area contributed by atoms with Crippen molar-refractivity contribution in [3.05, 3.63) is 57.3 Å². The molecule has 0 spiro atoms. The van der Waals surface area contributed by atoms with Crippen molar-refractivity contribution in [3.8, 4) is 0 Å². The lowest BCUT2D eigenvalue weighted by atomic mass is 9.95. The van der Waals surface area contributed by atoms with Gasteiger partial charge in [0.2, 0.25) is 0 Å². The maximum absolute atomic E-state index is 13.0. The number of benzene rings is 1. The van der Waals surface area contributed by atoms with Gasteiger partial charge in [-0.25, -0.2) is 0 Å². The molecular weight excluding hydrogens is 306 g/mol. The van der Waals surface area contributed by atoms with Gasteiger partial charge in [-0.05, 0) is 36.8 Å². The molecule has 1 aromatic heterocycles. The third kappa shape index (κ3) is 2.93. The molecule has 3 nitrogen and oxygen atoms in total. The number of ether oxygens (including phenoxy) is 1. The summed E-state index contributed by atoms with van der Waals surface area (Å²) >= 11 is 1.76.